The number of allylic oxidation sites excluding steroid dienone is 1. The fourth-order valence-corrected chi connectivity index (χ4v) is 3.68. The monoisotopic (exact) mass is 365 g/mol. The van der Waals surface area contributed by atoms with Crippen molar-refractivity contribution in [3.8, 4) is 0 Å². The van der Waals surface area contributed by atoms with Gasteiger partial charge in [0.05, 0.1) is 6.26 Å². The Morgan fingerprint density at radius 3 is 2.56 bits per heavy atom. The average molecular weight is 365 g/mol. The van der Waals surface area contributed by atoms with Crippen LogP contribution in [-0.4, -0.2) is 44.6 Å². The molecule has 2 rings (SSSR count). The summed E-state index contributed by atoms with van der Waals surface area (Å²) in [6.07, 6.45) is 8.78. The van der Waals surface area contributed by atoms with Crippen LogP contribution in [0.2, 0.25) is 0 Å². The van der Waals surface area contributed by atoms with E-state index in [4.69, 9.17) is 0 Å². The highest BCUT2D eigenvalue weighted by molar-refractivity contribution is 7.88. The summed E-state index contributed by atoms with van der Waals surface area (Å²) in [4.78, 5) is 11.8. The number of nitrogens with one attached hydrogen (secondary N) is 2. The van der Waals surface area contributed by atoms with Crippen molar-refractivity contribution in [1.29, 1.82) is 0 Å². The van der Waals surface area contributed by atoms with Crippen LogP contribution in [0.3, 0.4) is 0 Å². The zero-order valence-corrected chi connectivity index (χ0v) is 15.5. The number of rotatable bonds is 8. The summed E-state index contributed by atoms with van der Waals surface area (Å²) in [6.45, 7) is 1.01. The smallest absolute Gasteiger partial charge is 0.319 e. The highest BCUT2D eigenvalue weighted by atomic mass is 32.2. The summed E-state index contributed by atoms with van der Waals surface area (Å²) in [5.41, 5.74) is 2.04. The molecule has 1 aromatic rings. The lowest BCUT2D eigenvalue weighted by molar-refractivity contribution is 0.251. The number of benzene rings is 1. The average Bonchev–Trinajstić information content (AvgIpc) is 2.58. The Hall–Kier alpha value is -1.86. The van der Waals surface area contributed by atoms with Crippen LogP contribution in [0.4, 0.5) is 10.5 Å². The summed E-state index contributed by atoms with van der Waals surface area (Å²) in [6, 6.07) is 8.78. The highest BCUT2D eigenvalue weighted by Gasteiger charge is 2.17. The maximum atomic E-state index is 11.9. The Balaban J connectivity index is 1.77. The summed E-state index contributed by atoms with van der Waals surface area (Å²) < 4.78 is 25.3. The Morgan fingerprint density at radius 2 is 1.92 bits per heavy atom. The van der Waals surface area contributed by atoms with E-state index in [0.717, 1.165) is 19.3 Å². The number of carbonyl (C=O) groups excluding carboxylic acids is 1. The van der Waals surface area contributed by atoms with E-state index < -0.39 is 10.0 Å². The fourth-order valence-electron chi connectivity index (χ4n) is 2.83. The van der Waals surface area contributed by atoms with Crippen LogP contribution in [0.25, 0.3) is 0 Å². The molecule has 1 aromatic carbocycles. The van der Waals surface area contributed by atoms with Gasteiger partial charge in [0, 0.05) is 25.3 Å². The third kappa shape index (κ3) is 7.27. The number of amides is 2. The van der Waals surface area contributed by atoms with Crippen molar-refractivity contribution in [1.82, 2.24) is 9.62 Å². The molecule has 2 N–H and O–H groups in total. The molecule has 1 aliphatic rings. The van der Waals surface area contributed by atoms with Gasteiger partial charge in [-0.05, 0) is 44.2 Å². The predicted octanol–water partition coefficient (Wildman–Crippen LogP) is 2.96. The SMILES string of the molecule is CS(=O)(=O)N(CCNC(=O)Nc1ccccc1)CCC1=CCCCC1. The van der Waals surface area contributed by atoms with Gasteiger partial charge in [-0.2, -0.15) is 0 Å². The molecule has 7 heteroatoms. The van der Waals surface area contributed by atoms with Gasteiger partial charge >= 0.3 is 6.03 Å². The number of nitrogens with zero attached hydrogens (tertiary/aromatic N) is 1. The molecule has 0 saturated heterocycles. The van der Waals surface area contributed by atoms with Crippen LogP contribution >= 0.6 is 0 Å². The maximum absolute atomic E-state index is 11.9. The van der Waals surface area contributed by atoms with E-state index in [1.165, 1.54) is 29.0 Å². The first-order valence-corrected chi connectivity index (χ1v) is 10.5. The van der Waals surface area contributed by atoms with Gasteiger partial charge in [0.25, 0.3) is 0 Å². The van der Waals surface area contributed by atoms with Crippen molar-refractivity contribution in [3.05, 3.63) is 42.0 Å². The van der Waals surface area contributed by atoms with Crippen LogP contribution in [-0.2, 0) is 10.0 Å². The van der Waals surface area contributed by atoms with Crippen LogP contribution < -0.4 is 10.6 Å². The van der Waals surface area contributed by atoms with Gasteiger partial charge in [0.2, 0.25) is 10.0 Å². The summed E-state index contributed by atoms with van der Waals surface area (Å²) >= 11 is 0. The number of hydrogen-bond donors (Lipinski definition) is 2. The molecule has 25 heavy (non-hydrogen) atoms. The van der Waals surface area contributed by atoms with E-state index in [2.05, 4.69) is 16.7 Å². The van der Waals surface area contributed by atoms with Crippen molar-refractivity contribution < 1.29 is 13.2 Å². The fraction of sp³-hybridized carbons (Fsp3) is 0.500. The maximum Gasteiger partial charge on any atom is 0.319 e. The third-order valence-electron chi connectivity index (χ3n) is 4.21. The number of urea groups is 1. The molecule has 0 heterocycles. The minimum absolute atomic E-state index is 0.269. The van der Waals surface area contributed by atoms with Crippen LogP contribution in [0.5, 0.6) is 0 Å². The number of anilines is 1. The molecule has 0 spiro atoms. The molecular formula is C18H27N3O3S. The molecule has 2 amide bonds. The van der Waals surface area contributed by atoms with E-state index in [9.17, 15) is 13.2 Å². The zero-order valence-electron chi connectivity index (χ0n) is 14.7. The number of para-hydroxylation sites is 1. The quantitative estimate of drug-likeness (QED) is 0.695. The summed E-state index contributed by atoms with van der Waals surface area (Å²) in [5, 5.41) is 5.41. The number of carbonyl (C=O) groups is 1. The minimum atomic E-state index is -3.29. The van der Waals surface area contributed by atoms with E-state index in [-0.39, 0.29) is 19.1 Å². The van der Waals surface area contributed by atoms with Gasteiger partial charge in [0.1, 0.15) is 0 Å². The van der Waals surface area contributed by atoms with Gasteiger partial charge in [-0.25, -0.2) is 17.5 Å². The normalized spacial score (nSPS) is 14.9. The van der Waals surface area contributed by atoms with Crippen LogP contribution in [0.15, 0.2) is 42.0 Å². The van der Waals surface area contributed by atoms with E-state index in [0.29, 0.717) is 12.2 Å². The Morgan fingerprint density at radius 1 is 1.16 bits per heavy atom. The van der Waals surface area contributed by atoms with Gasteiger partial charge in [-0.3, -0.25) is 0 Å². The molecule has 0 aliphatic heterocycles. The second-order valence-electron chi connectivity index (χ2n) is 6.27. The van der Waals surface area contributed by atoms with Crippen molar-refractivity contribution in [2.45, 2.75) is 32.1 Å². The van der Waals surface area contributed by atoms with Crippen molar-refractivity contribution in [3.63, 3.8) is 0 Å². The van der Waals surface area contributed by atoms with Gasteiger partial charge in [-0.1, -0.05) is 29.8 Å². The first kappa shape index (κ1) is 19.5. The van der Waals surface area contributed by atoms with Crippen LogP contribution in [0, 0.1) is 0 Å². The summed E-state index contributed by atoms with van der Waals surface area (Å²) in [5.74, 6) is 0. The molecule has 0 radical (unpaired) electrons. The first-order valence-electron chi connectivity index (χ1n) is 8.68. The van der Waals surface area contributed by atoms with Crippen molar-refractivity contribution in [2.75, 3.05) is 31.2 Å². The predicted molar refractivity (Wildman–Crippen MR) is 101 cm³/mol. The second-order valence-corrected chi connectivity index (χ2v) is 8.25. The van der Waals surface area contributed by atoms with Gasteiger partial charge in [0.15, 0.2) is 0 Å². The Labute approximate surface area is 150 Å². The minimum Gasteiger partial charge on any atom is -0.337 e. The highest BCUT2D eigenvalue weighted by Crippen LogP contribution is 2.20. The standard InChI is InChI=1S/C18H27N3O3S/c1-25(23,24)21(14-12-16-8-4-2-5-9-16)15-13-19-18(22)20-17-10-6-3-7-11-17/h3,6-8,10-11H,2,4-5,9,12-15H2,1H3,(H2,19,20,22). The molecule has 0 saturated carbocycles. The Bertz CT molecular complexity index is 687. The molecular weight excluding hydrogens is 338 g/mol. The molecule has 138 valence electrons. The van der Waals surface area contributed by atoms with E-state index >= 15 is 0 Å². The third-order valence-corrected chi connectivity index (χ3v) is 5.52. The Kier molecular flexibility index (Phi) is 7.46. The largest absolute Gasteiger partial charge is 0.337 e. The summed E-state index contributed by atoms with van der Waals surface area (Å²) in [7, 11) is -3.29. The zero-order chi connectivity index (χ0) is 18.1. The van der Waals surface area contributed by atoms with E-state index in [1.807, 2.05) is 18.2 Å². The topological polar surface area (TPSA) is 78.5 Å². The molecule has 0 aromatic heterocycles. The van der Waals surface area contributed by atoms with Gasteiger partial charge < -0.3 is 10.6 Å². The van der Waals surface area contributed by atoms with Crippen molar-refractivity contribution in [2.24, 2.45) is 0 Å². The van der Waals surface area contributed by atoms with E-state index in [1.54, 1.807) is 12.1 Å². The molecule has 0 atom stereocenters. The lowest BCUT2D eigenvalue weighted by Crippen LogP contribution is -2.40. The molecule has 0 fully saturated rings. The lowest BCUT2D eigenvalue weighted by Gasteiger charge is -2.22. The van der Waals surface area contributed by atoms with Gasteiger partial charge in [-0.15, -0.1) is 0 Å². The molecule has 0 unspecified atom stereocenters. The molecule has 1 aliphatic carbocycles. The molecule has 6 nitrogen and oxygen atoms in total. The van der Waals surface area contributed by atoms with Crippen LogP contribution in [0.1, 0.15) is 32.1 Å². The second kappa shape index (κ2) is 9.58. The first-order chi connectivity index (χ1) is 11.9. The number of hydrogen-bond acceptors (Lipinski definition) is 3. The lowest BCUT2D eigenvalue weighted by atomic mass is 9.97. The number of sulfonamides is 1. The molecule has 0 bridgehead atoms. The van der Waals surface area contributed by atoms with Crippen molar-refractivity contribution >= 4 is 21.7 Å².